The minimum absolute atomic E-state index is 0.110. The summed E-state index contributed by atoms with van der Waals surface area (Å²) in [5, 5.41) is 5.03. The second kappa shape index (κ2) is 4.41. The van der Waals surface area contributed by atoms with Crippen molar-refractivity contribution in [1.82, 2.24) is 10.3 Å². The summed E-state index contributed by atoms with van der Waals surface area (Å²) in [6.45, 7) is 2.34. The molecule has 0 saturated heterocycles. The third-order valence-corrected chi connectivity index (χ3v) is 2.62. The zero-order chi connectivity index (χ0) is 11.5. The van der Waals surface area contributed by atoms with Crippen LogP contribution in [0.25, 0.3) is 10.8 Å². The quantitative estimate of drug-likeness (QED) is 0.794. The number of hydrogen-bond donors (Lipinski definition) is 1. The number of ketones is 1. The third-order valence-electron chi connectivity index (χ3n) is 2.62. The molecule has 0 radical (unpaired) electrons. The Morgan fingerprint density at radius 2 is 2.19 bits per heavy atom. The number of aryl methyl sites for hydroxylation is 1. The molecule has 0 fully saturated rings. The number of Topliss-reactive ketones (excluding diaryl/α,β-unsaturated/α-hetero) is 1. The zero-order valence-electron chi connectivity index (χ0n) is 9.45. The van der Waals surface area contributed by atoms with Gasteiger partial charge in [0, 0.05) is 22.8 Å². The molecular formula is C13H14N2O. The molecule has 0 unspecified atom stereocenters. The first-order chi connectivity index (χ1) is 7.72. The van der Waals surface area contributed by atoms with Gasteiger partial charge in [-0.2, -0.15) is 0 Å². The van der Waals surface area contributed by atoms with Gasteiger partial charge in [0.2, 0.25) is 0 Å². The summed E-state index contributed by atoms with van der Waals surface area (Å²) in [6.07, 6.45) is 1.77. The molecule has 1 heterocycles. The lowest BCUT2D eigenvalue weighted by atomic mass is 10.0. The normalized spacial score (nSPS) is 10.6. The molecule has 82 valence electrons. The van der Waals surface area contributed by atoms with Crippen molar-refractivity contribution in [3.8, 4) is 0 Å². The minimum atomic E-state index is 0.110. The Balaban J connectivity index is 2.48. The van der Waals surface area contributed by atoms with Crippen LogP contribution in [0.5, 0.6) is 0 Å². The predicted molar refractivity (Wildman–Crippen MR) is 64.7 cm³/mol. The van der Waals surface area contributed by atoms with E-state index in [1.807, 2.05) is 31.2 Å². The van der Waals surface area contributed by atoms with Gasteiger partial charge in [-0.3, -0.25) is 9.78 Å². The number of nitrogens with one attached hydrogen (secondary N) is 1. The summed E-state index contributed by atoms with van der Waals surface area (Å²) in [4.78, 5) is 15.9. The van der Waals surface area contributed by atoms with Crippen molar-refractivity contribution < 1.29 is 4.79 Å². The number of carbonyl (C=O) groups excluding carboxylic acids is 1. The van der Waals surface area contributed by atoms with E-state index in [2.05, 4.69) is 10.3 Å². The van der Waals surface area contributed by atoms with Crippen molar-refractivity contribution in [2.45, 2.75) is 6.92 Å². The molecule has 0 aliphatic rings. The fourth-order valence-electron chi connectivity index (χ4n) is 1.77. The lowest BCUT2D eigenvalue weighted by Gasteiger charge is -2.04. The number of pyridine rings is 1. The van der Waals surface area contributed by atoms with Gasteiger partial charge in [-0.05, 0) is 31.5 Å². The van der Waals surface area contributed by atoms with Gasteiger partial charge >= 0.3 is 0 Å². The molecule has 1 aromatic heterocycles. The third kappa shape index (κ3) is 1.95. The van der Waals surface area contributed by atoms with Gasteiger partial charge in [0.1, 0.15) is 0 Å². The Hall–Kier alpha value is -1.74. The van der Waals surface area contributed by atoms with Gasteiger partial charge in [0.15, 0.2) is 5.78 Å². The fourth-order valence-corrected chi connectivity index (χ4v) is 1.77. The smallest absolute Gasteiger partial charge is 0.176 e. The van der Waals surface area contributed by atoms with E-state index in [0.29, 0.717) is 6.54 Å². The Morgan fingerprint density at radius 1 is 1.38 bits per heavy atom. The van der Waals surface area contributed by atoms with E-state index in [0.717, 1.165) is 22.0 Å². The molecule has 0 aliphatic heterocycles. The summed E-state index contributed by atoms with van der Waals surface area (Å²) in [6, 6.07) is 7.67. The molecule has 0 bridgehead atoms. The van der Waals surface area contributed by atoms with Crippen molar-refractivity contribution in [3.63, 3.8) is 0 Å². The van der Waals surface area contributed by atoms with Crippen LogP contribution in [0.2, 0.25) is 0 Å². The Bertz CT molecular complexity index is 534. The second-order valence-electron chi connectivity index (χ2n) is 3.79. The first-order valence-electron chi connectivity index (χ1n) is 5.25. The van der Waals surface area contributed by atoms with Gasteiger partial charge in [0.05, 0.1) is 6.54 Å². The molecule has 2 rings (SSSR count). The Kier molecular flexibility index (Phi) is 2.97. The number of hydrogen-bond acceptors (Lipinski definition) is 3. The molecule has 1 aromatic carbocycles. The van der Waals surface area contributed by atoms with E-state index in [9.17, 15) is 4.79 Å². The maximum Gasteiger partial charge on any atom is 0.176 e. The van der Waals surface area contributed by atoms with E-state index in [4.69, 9.17) is 0 Å². The second-order valence-corrected chi connectivity index (χ2v) is 3.79. The van der Waals surface area contributed by atoms with Crippen LogP contribution in [-0.2, 0) is 0 Å². The highest BCUT2D eigenvalue weighted by atomic mass is 16.1. The summed E-state index contributed by atoms with van der Waals surface area (Å²) in [5.74, 6) is 0.110. The number of benzene rings is 1. The number of nitrogens with zero attached hydrogens (tertiary/aromatic N) is 1. The van der Waals surface area contributed by atoms with E-state index in [-0.39, 0.29) is 5.78 Å². The molecule has 16 heavy (non-hydrogen) atoms. The van der Waals surface area contributed by atoms with E-state index < -0.39 is 0 Å². The van der Waals surface area contributed by atoms with E-state index >= 15 is 0 Å². The fraction of sp³-hybridized carbons (Fsp3) is 0.231. The SMILES string of the molecule is CNCC(=O)c1ccc2c(C)nccc2c1. The van der Waals surface area contributed by atoms with Crippen LogP contribution in [0.4, 0.5) is 0 Å². The molecule has 2 aromatic rings. The molecular weight excluding hydrogens is 200 g/mol. The number of fused-ring (bicyclic) bond motifs is 1. The largest absolute Gasteiger partial charge is 0.313 e. The van der Waals surface area contributed by atoms with Crippen LogP contribution in [0.15, 0.2) is 30.5 Å². The van der Waals surface area contributed by atoms with E-state index in [1.54, 1.807) is 13.2 Å². The van der Waals surface area contributed by atoms with Crippen LogP contribution in [0.1, 0.15) is 16.1 Å². The van der Waals surface area contributed by atoms with Crippen LogP contribution >= 0.6 is 0 Å². The summed E-state index contributed by atoms with van der Waals surface area (Å²) in [7, 11) is 1.77. The summed E-state index contributed by atoms with van der Waals surface area (Å²) < 4.78 is 0. The van der Waals surface area contributed by atoms with Crippen LogP contribution in [0, 0.1) is 6.92 Å². The standard InChI is InChI=1S/C13H14N2O/c1-9-12-4-3-11(13(16)8-14-2)7-10(12)5-6-15-9/h3-7,14H,8H2,1-2H3. The van der Waals surface area contributed by atoms with Gasteiger partial charge in [-0.15, -0.1) is 0 Å². The number of carbonyl (C=O) groups is 1. The molecule has 3 nitrogen and oxygen atoms in total. The average molecular weight is 214 g/mol. The highest BCUT2D eigenvalue weighted by molar-refractivity contribution is 6.01. The molecule has 3 heteroatoms. The van der Waals surface area contributed by atoms with Gasteiger partial charge < -0.3 is 5.32 Å². The highest BCUT2D eigenvalue weighted by Crippen LogP contribution is 2.18. The van der Waals surface area contributed by atoms with Gasteiger partial charge in [0.25, 0.3) is 0 Å². The number of likely N-dealkylation sites (N-methyl/N-ethyl adjacent to an activating group) is 1. The summed E-state index contributed by atoms with van der Waals surface area (Å²) in [5.41, 5.74) is 1.73. The minimum Gasteiger partial charge on any atom is -0.313 e. The van der Waals surface area contributed by atoms with Crippen LogP contribution < -0.4 is 5.32 Å². The maximum absolute atomic E-state index is 11.7. The number of rotatable bonds is 3. The first-order valence-corrected chi connectivity index (χ1v) is 5.25. The average Bonchev–Trinajstić information content (AvgIpc) is 2.29. The molecule has 0 amide bonds. The van der Waals surface area contributed by atoms with Crippen LogP contribution in [0.3, 0.4) is 0 Å². The van der Waals surface area contributed by atoms with Gasteiger partial charge in [-0.1, -0.05) is 12.1 Å². The van der Waals surface area contributed by atoms with Crippen molar-refractivity contribution >= 4 is 16.6 Å². The van der Waals surface area contributed by atoms with Crippen molar-refractivity contribution in [2.75, 3.05) is 13.6 Å². The molecule has 0 aliphatic carbocycles. The van der Waals surface area contributed by atoms with E-state index in [1.165, 1.54) is 0 Å². The van der Waals surface area contributed by atoms with Crippen LogP contribution in [-0.4, -0.2) is 24.4 Å². The lowest BCUT2D eigenvalue weighted by Crippen LogP contribution is -2.18. The lowest BCUT2D eigenvalue weighted by molar-refractivity contribution is 0.0993. The summed E-state index contributed by atoms with van der Waals surface area (Å²) >= 11 is 0. The highest BCUT2D eigenvalue weighted by Gasteiger charge is 2.06. The Morgan fingerprint density at radius 3 is 2.94 bits per heavy atom. The molecule has 1 N–H and O–H groups in total. The number of aromatic nitrogens is 1. The van der Waals surface area contributed by atoms with Crippen molar-refractivity contribution in [1.29, 1.82) is 0 Å². The monoisotopic (exact) mass is 214 g/mol. The van der Waals surface area contributed by atoms with Crippen molar-refractivity contribution in [2.24, 2.45) is 0 Å². The maximum atomic E-state index is 11.7. The zero-order valence-corrected chi connectivity index (χ0v) is 9.45. The predicted octanol–water partition coefficient (Wildman–Crippen LogP) is 1.95. The Labute approximate surface area is 94.5 Å². The molecule has 0 saturated carbocycles. The van der Waals surface area contributed by atoms with Crippen molar-refractivity contribution in [3.05, 3.63) is 41.7 Å². The first kappa shape index (κ1) is 10.8. The van der Waals surface area contributed by atoms with Gasteiger partial charge in [-0.25, -0.2) is 0 Å². The molecule has 0 spiro atoms. The topological polar surface area (TPSA) is 42.0 Å². The molecule has 0 atom stereocenters.